The number of amides is 1. The van der Waals surface area contributed by atoms with E-state index in [9.17, 15) is 13.2 Å². The van der Waals surface area contributed by atoms with Crippen molar-refractivity contribution >= 4 is 27.3 Å². The fraction of sp³-hybridized carbons (Fsp3) is 0.400. The number of fused-ring (bicyclic) bond motifs is 1. The number of pyridine rings is 1. The summed E-state index contributed by atoms with van der Waals surface area (Å²) in [7, 11) is -3.32. The third-order valence-electron chi connectivity index (χ3n) is 5.43. The van der Waals surface area contributed by atoms with E-state index in [4.69, 9.17) is 0 Å². The van der Waals surface area contributed by atoms with Crippen LogP contribution in [0.5, 0.6) is 0 Å². The Morgan fingerprint density at radius 2 is 1.75 bits per heavy atom. The van der Waals surface area contributed by atoms with Gasteiger partial charge in [0.25, 0.3) is 5.91 Å². The number of hydrogen-bond donors (Lipinski definition) is 0. The number of sulfonamides is 1. The van der Waals surface area contributed by atoms with Crippen molar-refractivity contribution < 1.29 is 13.2 Å². The van der Waals surface area contributed by atoms with Crippen LogP contribution in [-0.4, -0.2) is 62.7 Å². The zero-order valence-corrected chi connectivity index (χ0v) is 16.9. The van der Waals surface area contributed by atoms with Gasteiger partial charge in [-0.1, -0.05) is 0 Å². The van der Waals surface area contributed by atoms with Crippen LogP contribution in [0.3, 0.4) is 0 Å². The minimum atomic E-state index is -3.32. The largest absolute Gasteiger partial charge is 0.368 e. The highest BCUT2D eigenvalue weighted by Gasteiger charge is 2.33. The van der Waals surface area contributed by atoms with Crippen molar-refractivity contribution in [3.8, 4) is 0 Å². The van der Waals surface area contributed by atoms with Crippen LogP contribution < -0.4 is 9.21 Å². The Kier molecular flexibility index (Phi) is 4.74. The zero-order valence-electron chi connectivity index (χ0n) is 16.1. The molecule has 0 bridgehead atoms. The molecule has 1 fully saturated rings. The lowest BCUT2D eigenvalue weighted by Gasteiger charge is -2.36. The molecule has 0 spiro atoms. The van der Waals surface area contributed by atoms with Crippen LogP contribution in [0, 0.1) is 0 Å². The highest BCUT2D eigenvalue weighted by Crippen LogP contribution is 2.35. The second-order valence-corrected chi connectivity index (χ2v) is 9.30. The van der Waals surface area contributed by atoms with E-state index >= 15 is 0 Å². The molecule has 1 aromatic carbocycles. The molecule has 1 amide bonds. The smallest absolute Gasteiger partial charge is 0.253 e. The molecule has 0 aliphatic carbocycles. The zero-order chi connectivity index (χ0) is 19.9. The molecular formula is C20H24N4O3S. The second kappa shape index (κ2) is 7.09. The van der Waals surface area contributed by atoms with Crippen LogP contribution >= 0.6 is 0 Å². The molecule has 2 aromatic rings. The second-order valence-electron chi connectivity index (χ2n) is 7.44. The van der Waals surface area contributed by atoms with Crippen molar-refractivity contribution in [3.05, 3.63) is 53.9 Å². The van der Waals surface area contributed by atoms with Gasteiger partial charge in [0.2, 0.25) is 10.0 Å². The summed E-state index contributed by atoms with van der Waals surface area (Å²) in [5.74, 6) is 0.00244. The van der Waals surface area contributed by atoms with E-state index in [1.54, 1.807) is 24.5 Å². The normalized spacial score (nSPS) is 19.6. The quantitative estimate of drug-likeness (QED) is 0.785. The Hall–Kier alpha value is -2.61. The molecule has 7 nitrogen and oxygen atoms in total. The number of benzene rings is 1. The van der Waals surface area contributed by atoms with Gasteiger partial charge in [-0.15, -0.1) is 0 Å². The van der Waals surface area contributed by atoms with E-state index in [1.165, 1.54) is 10.6 Å². The number of hydrogen-bond acceptors (Lipinski definition) is 5. The lowest BCUT2D eigenvalue weighted by Crippen LogP contribution is -2.48. The predicted molar refractivity (Wildman–Crippen MR) is 109 cm³/mol. The fourth-order valence-corrected chi connectivity index (χ4v) is 5.41. The van der Waals surface area contributed by atoms with Crippen LogP contribution in [0.2, 0.25) is 0 Å². The van der Waals surface area contributed by atoms with Gasteiger partial charge >= 0.3 is 0 Å². The molecule has 3 heterocycles. The molecule has 8 heteroatoms. The van der Waals surface area contributed by atoms with Crippen molar-refractivity contribution in [1.29, 1.82) is 0 Å². The maximum atomic E-state index is 13.0. The topological polar surface area (TPSA) is 73.8 Å². The molecule has 2 aliphatic rings. The Morgan fingerprint density at radius 1 is 1.07 bits per heavy atom. The first-order chi connectivity index (χ1) is 13.3. The van der Waals surface area contributed by atoms with E-state index in [0.717, 1.165) is 24.3 Å². The maximum absolute atomic E-state index is 13.0. The van der Waals surface area contributed by atoms with E-state index in [0.29, 0.717) is 30.8 Å². The van der Waals surface area contributed by atoms with Crippen LogP contribution in [0.1, 0.15) is 22.8 Å². The molecule has 28 heavy (non-hydrogen) atoms. The van der Waals surface area contributed by atoms with Gasteiger partial charge < -0.3 is 9.80 Å². The van der Waals surface area contributed by atoms with Gasteiger partial charge in [0.1, 0.15) is 0 Å². The van der Waals surface area contributed by atoms with Crippen molar-refractivity contribution in [2.45, 2.75) is 19.4 Å². The Morgan fingerprint density at radius 3 is 2.39 bits per heavy atom. The number of carbonyl (C=O) groups excluding carboxylic acids is 1. The molecule has 148 valence electrons. The van der Waals surface area contributed by atoms with Crippen molar-refractivity contribution in [2.24, 2.45) is 0 Å². The number of aromatic nitrogens is 1. The average Bonchev–Trinajstić information content (AvgIpc) is 3.03. The Labute approximate surface area is 165 Å². The summed E-state index contributed by atoms with van der Waals surface area (Å²) in [5.41, 5.74) is 3.35. The van der Waals surface area contributed by atoms with E-state index < -0.39 is 10.0 Å². The Bertz CT molecular complexity index is 986. The fourth-order valence-electron chi connectivity index (χ4n) is 4.15. The van der Waals surface area contributed by atoms with Gasteiger partial charge in [0.15, 0.2) is 0 Å². The predicted octanol–water partition coefficient (Wildman–Crippen LogP) is 1.75. The molecule has 0 saturated carbocycles. The molecule has 4 rings (SSSR count). The van der Waals surface area contributed by atoms with Gasteiger partial charge in [0, 0.05) is 55.9 Å². The first-order valence-corrected chi connectivity index (χ1v) is 11.3. The molecule has 1 saturated heterocycles. The Balaban J connectivity index is 1.48. The van der Waals surface area contributed by atoms with Gasteiger partial charge in [-0.25, -0.2) is 8.42 Å². The lowest BCUT2D eigenvalue weighted by molar-refractivity contribution is 0.0746. The molecular weight excluding hydrogens is 376 g/mol. The molecule has 1 atom stereocenters. The molecule has 0 N–H and O–H groups in total. The van der Waals surface area contributed by atoms with E-state index in [2.05, 4.69) is 9.88 Å². The van der Waals surface area contributed by atoms with Crippen molar-refractivity contribution in [1.82, 2.24) is 9.88 Å². The lowest BCUT2D eigenvalue weighted by atomic mass is 10.1. The number of piperazine rings is 1. The highest BCUT2D eigenvalue weighted by atomic mass is 32.2. The van der Waals surface area contributed by atoms with Gasteiger partial charge in [-0.05, 0) is 49.2 Å². The number of rotatable bonds is 3. The summed E-state index contributed by atoms with van der Waals surface area (Å²) in [6, 6.07) is 9.19. The monoisotopic (exact) mass is 400 g/mol. The van der Waals surface area contributed by atoms with Crippen LogP contribution in [0.4, 0.5) is 11.4 Å². The summed E-state index contributed by atoms with van der Waals surface area (Å²) in [4.78, 5) is 21.1. The minimum Gasteiger partial charge on any atom is -0.368 e. The highest BCUT2D eigenvalue weighted by molar-refractivity contribution is 7.92. The first-order valence-electron chi connectivity index (χ1n) is 9.41. The molecule has 1 unspecified atom stereocenters. The summed E-state index contributed by atoms with van der Waals surface area (Å²) in [6.45, 7) is 4.76. The summed E-state index contributed by atoms with van der Waals surface area (Å²) in [5, 5.41) is 0. The maximum Gasteiger partial charge on any atom is 0.253 e. The number of carbonyl (C=O) groups is 1. The van der Waals surface area contributed by atoms with Crippen molar-refractivity contribution in [2.75, 3.05) is 41.6 Å². The summed E-state index contributed by atoms with van der Waals surface area (Å²) >= 11 is 0. The van der Waals surface area contributed by atoms with Gasteiger partial charge in [-0.2, -0.15) is 0 Å². The molecule has 1 aromatic heterocycles. The van der Waals surface area contributed by atoms with Gasteiger partial charge in [-0.3, -0.25) is 14.1 Å². The molecule has 0 radical (unpaired) electrons. The SMILES string of the molecule is CC1Cc2cc(C(=O)N3CCN(c4ccncc4)CC3)ccc2N1S(C)(=O)=O. The standard InChI is InChI=1S/C20H24N4O3S/c1-15-13-17-14-16(3-4-19(17)24(15)28(2,26)27)20(25)23-11-9-22(10-12-23)18-5-7-21-8-6-18/h3-8,14-15H,9-13H2,1-2H3. The average molecular weight is 401 g/mol. The van der Waals surface area contributed by atoms with Gasteiger partial charge in [0.05, 0.1) is 11.9 Å². The van der Waals surface area contributed by atoms with Crippen LogP contribution in [-0.2, 0) is 16.4 Å². The van der Waals surface area contributed by atoms with Crippen LogP contribution in [0.15, 0.2) is 42.7 Å². The first kappa shape index (κ1) is 18.7. The van der Waals surface area contributed by atoms with E-state index in [1.807, 2.05) is 30.0 Å². The van der Waals surface area contributed by atoms with Crippen LogP contribution in [0.25, 0.3) is 0 Å². The minimum absolute atomic E-state index is 0.00244. The molecule has 2 aliphatic heterocycles. The van der Waals surface area contributed by atoms with Crippen molar-refractivity contribution in [3.63, 3.8) is 0 Å². The van der Waals surface area contributed by atoms with E-state index in [-0.39, 0.29) is 11.9 Å². The number of anilines is 2. The number of nitrogens with zero attached hydrogens (tertiary/aromatic N) is 4. The summed E-state index contributed by atoms with van der Waals surface area (Å²) < 4.78 is 25.6. The third-order valence-corrected chi connectivity index (χ3v) is 6.70. The summed E-state index contributed by atoms with van der Waals surface area (Å²) in [6.07, 6.45) is 5.40. The third kappa shape index (κ3) is 3.44.